The summed E-state index contributed by atoms with van der Waals surface area (Å²) in [4.78, 5) is 2.07. The number of alkyl halides is 1. The summed E-state index contributed by atoms with van der Waals surface area (Å²) < 4.78 is 0. The van der Waals surface area contributed by atoms with E-state index in [9.17, 15) is 0 Å². The average molecular weight is 122 g/mol. The van der Waals surface area contributed by atoms with E-state index >= 15 is 0 Å². The Bertz CT molecular complexity index is 37.3. The van der Waals surface area contributed by atoms with Gasteiger partial charge in [-0.1, -0.05) is 0 Å². The molecular weight excluding hydrogens is 110 g/mol. The van der Waals surface area contributed by atoms with Crippen LogP contribution in [0.4, 0.5) is 0 Å². The van der Waals surface area contributed by atoms with E-state index in [4.69, 9.17) is 11.6 Å². The first-order chi connectivity index (χ1) is 3.13. The van der Waals surface area contributed by atoms with Gasteiger partial charge in [0, 0.05) is 11.9 Å². The van der Waals surface area contributed by atoms with Crippen molar-refractivity contribution in [2.45, 2.75) is 12.3 Å². The Morgan fingerprint density at radius 2 is 2.00 bits per heavy atom. The second-order valence-corrected chi connectivity index (χ2v) is 2.79. The summed E-state index contributed by atoms with van der Waals surface area (Å²) in [5.41, 5.74) is 0. The van der Waals surface area contributed by atoms with Crippen molar-refractivity contribution in [2.75, 3.05) is 20.6 Å². The van der Waals surface area contributed by atoms with Crippen molar-refractivity contribution < 1.29 is 0 Å². The van der Waals surface area contributed by atoms with E-state index < -0.39 is 0 Å². The highest BCUT2D eigenvalue weighted by Crippen LogP contribution is 1.92. The van der Waals surface area contributed by atoms with E-state index in [-0.39, 0.29) is 5.38 Å². The molecule has 0 aliphatic heterocycles. The first-order valence-corrected chi connectivity index (χ1v) is 2.85. The summed E-state index contributed by atoms with van der Waals surface area (Å²) in [5, 5.41) is 0.273. The molecule has 0 bridgehead atoms. The molecule has 0 aliphatic carbocycles. The zero-order chi connectivity index (χ0) is 5.86. The normalized spacial score (nSPS) is 15.0. The van der Waals surface area contributed by atoms with Crippen molar-refractivity contribution >= 4 is 11.6 Å². The second kappa shape index (κ2) is 3.28. The van der Waals surface area contributed by atoms with Gasteiger partial charge in [0.15, 0.2) is 0 Å². The highest BCUT2D eigenvalue weighted by atomic mass is 35.5. The standard InChI is InChI=1S/C5H12ClN/c1-5(6)4-7(2)3/h5H,4H2,1-3H3. The van der Waals surface area contributed by atoms with E-state index in [2.05, 4.69) is 4.90 Å². The summed E-state index contributed by atoms with van der Waals surface area (Å²) in [6.45, 7) is 2.95. The van der Waals surface area contributed by atoms with Gasteiger partial charge in [-0.3, -0.25) is 0 Å². The fourth-order valence-electron chi connectivity index (χ4n) is 0.503. The third-order valence-electron chi connectivity index (χ3n) is 0.617. The zero-order valence-electron chi connectivity index (χ0n) is 5.11. The molecule has 0 radical (unpaired) electrons. The molecule has 0 spiro atoms. The lowest BCUT2D eigenvalue weighted by Gasteiger charge is -2.09. The van der Waals surface area contributed by atoms with Crippen LogP contribution in [-0.4, -0.2) is 30.9 Å². The van der Waals surface area contributed by atoms with Crippen molar-refractivity contribution in [2.24, 2.45) is 0 Å². The Morgan fingerprint density at radius 3 is 2.00 bits per heavy atom. The number of hydrogen-bond acceptors (Lipinski definition) is 1. The fraction of sp³-hybridized carbons (Fsp3) is 1.00. The third-order valence-corrected chi connectivity index (χ3v) is 0.755. The van der Waals surface area contributed by atoms with Crippen LogP contribution < -0.4 is 0 Å². The molecule has 0 saturated heterocycles. The van der Waals surface area contributed by atoms with Gasteiger partial charge in [0.2, 0.25) is 0 Å². The van der Waals surface area contributed by atoms with Crippen LogP contribution in [0.25, 0.3) is 0 Å². The molecule has 2 heteroatoms. The maximum Gasteiger partial charge on any atom is 0.0434 e. The Morgan fingerprint density at radius 1 is 1.57 bits per heavy atom. The molecule has 44 valence electrons. The highest BCUT2D eigenvalue weighted by molar-refractivity contribution is 6.20. The minimum Gasteiger partial charge on any atom is -0.308 e. The van der Waals surface area contributed by atoms with Crippen LogP contribution in [0.3, 0.4) is 0 Å². The predicted molar refractivity (Wildman–Crippen MR) is 33.9 cm³/mol. The van der Waals surface area contributed by atoms with Gasteiger partial charge >= 0.3 is 0 Å². The number of hydrogen-bond donors (Lipinski definition) is 0. The molecule has 0 heterocycles. The largest absolute Gasteiger partial charge is 0.308 e. The number of halogens is 1. The van der Waals surface area contributed by atoms with Crippen LogP contribution in [0.2, 0.25) is 0 Å². The molecule has 0 rings (SSSR count). The molecule has 0 aliphatic rings. The van der Waals surface area contributed by atoms with Crippen molar-refractivity contribution in [3.8, 4) is 0 Å². The van der Waals surface area contributed by atoms with Gasteiger partial charge in [0.25, 0.3) is 0 Å². The number of rotatable bonds is 2. The van der Waals surface area contributed by atoms with Crippen LogP contribution in [0.15, 0.2) is 0 Å². The van der Waals surface area contributed by atoms with E-state index in [1.54, 1.807) is 0 Å². The SMILES string of the molecule is CC(Cl)CN(C)C. The van der Waals surface area contributed by atoms with E-state index in [1.165, 1.54) is 0 Å². The monoisotopic (exact) mass is 121 g/mol. The van der Waals surface area contributed by atoms with Gasteiger partial charge in [-0.15, -0.1) is 11.6 Å². The molecule has 0 aromatic rings. The first-order valence-electron chi connectivity index (χ1n) is 2.41. The predicted octanol–water partition coefficient (Wildman–Crippen LogP) is 1.18. The quantitative estimate of drug-likeness (QED) is 0.496. The van der Waals surface area contributed by atoms with Gasteiger partial charge in [-0.05, 0) is 21.0 Å². The summed E-state index contributed by atoms with van der Waals surface area (Å²) in [5.74, 6) is 0. The Kier molecular flexibility index (Phi) is 3.39. The van der Waals surface area contributed by atoms with Crippen LogP contribution in [0.1, 0.15) is 6.92 Å². The smallest absolute Gasteiger partial charge is 0.0434 e. The lowest BCUT2D eigenvalue weighted by atomic mass is 10.4. The maximum atomic E-state index is 5.63. The van der Waals surface area contributed by atoms with Crippen LogP contribution >= 0.6 is 11.6 Å². The maximum absolute atomic E-state index is 5.63. The summed E-state index contributed by atoms with van der Waals surface area (Å²) >= 11 is 5.63. The van der Waals surface area contributed by atoms with Crippen molar-refractivity contribution in [3.63, 3.8) is 0 Å². The van der Waals surface area contributed by atoms with Gasteiger partial charge in [-0.25, -0.2) is 0 Å². The molecule has 1 unspecified atom stereocenters. The molecule has 0 N–H and O–H groups in total. The van der Waals surface area contributed by atoms with Gasteiger partial charge in [0.1, 0.15) is 0 Å². The molecular formula is C5H12ClN. The molecule has 0 amide bonds. The lowest BCUT2D eigenvalue weighted by molar-refractivity contribution is 0.411. The summed E-state index contributed by atoms with van der Waals surface area (Å²) in [6.07, 6.45) is 0. The summed E-state index contributed by atoms with van der Waals surface area (Å²) in [6, 6.07) is 0. The Balaban J connectivity index is 2.95. The second-order valence-electron chi connectivity index (χ2n) is 2.04. The molecule has 0 aromatic heterocycles. The van der Waals surface area contributed by atoms with Crippen molar-refractivity contribution in [1.29, 1.82) is 0 Å². The van der Waals surface area contributed by atoms with E-state index in [0.29, 0.717) is 0 Å². The molecule has 7 heavy (non-hydrogen) atoms. The zero-order valence-corrected chi connectivity index (χ0v) is 5.87. The number of nitrogens with zero attached hydrogens (tertiary/aromatic N) is 1. The van der Waals surface area contributed by atoms with Gasteiger partial charge in [0.05, 0.1) is 0 Å². The van der Waals surface area contributed by atoms with Gasteiger partial charge in [-0.2, -0.15) is 0 Å². The molecule has 1 atom stereocenters. The topological polar surface area (TPSA) is 3.24 Å². The van der Waals surface area contributed by atoms with Crippen LogP contribution in [-0.2, 0) is 0 Å². The van der Waals surface area contributed by atoms with E-state index in [1.807, 2.05) is 21.0 Å². The first kappa shape index (κ1) is 7.25. The fourth-order valence-corrected chi connectivity index (χ4v) is 0.779. The van der Waals surface area contributed by atoms with Gasteiger partial charge < -0.3 is 4.90 Å². The van der Waals surface area contributed by atoms with Crippen LogP contribution in [0, 0.1) is 0 Å². The Labute approximate surface area is 50.3 Å². The van der Waals surface area contributed by atoms with E-state index in [0.717, 1.165) is 6.54 Å². The third kappa shape index (κ3) is 6.25. The Hall–Kier alpha value is 0.250. The van der Waals surface area contributed by atoms with Crippen molar-refractivity contribution in [3.05, 3.63) is 0 Å². The summed E-state index contributed by atoms with van der Waals surface area (Å²) in [7, 11) is 4.03. The van der Waals surface area contributed by atoms with Crippen LogP contribution in [0.5, 0.6) is 0 Å². The highest BCUT2D eigenvalue weighted by Gasteiger charge is 1.94. The van der Waals surface area contributed by atoms with Crippen molar-refractivity contribution in [1.82, 2.24) is 4.90 Å². The minimum atomic E-state index is 0.273. The average Bonchev–Trinajstić information content (AvgIpc) is 1.27. The minimum absolute atomic E-state index is 0.273. The molecule has 0 fully saturated rings. The lowest BCUT2D eigenvalue weighted by Crippen LogP contribution is -2.19. The molecule has 0 aromatic carbocycles. The molecule has 0 saturated carbocycles. The molecule has 1 nitrogen and oxygen atoms in total.